The number of nitrogens with one attached hydrogen (secondary N) is 1. The monoisotopic (exact) mass is 301 g/mol. The second-order valence-electron chi connectivity index (χ2n) is 6.12. The summed E-state index contributed by atoms with van der Waals surface area (Å²) >= 11 is 12.0. The Hall–Kier alpha value is -0.240. The van der Waals surface area contributed by atoms with Gasteiger partial charge in [0.1, 0.15) is 0 Å². The van der Waals surface area contributed by atoms with Gasteiger partial charge in [-0.2, -0.15) is 0 Å². The van der Waals surface area contributed by atoms with Gasteiger partial charge in [-0.15, -0.1) is 0 Å². The van der Waals surface area contributed by atoms with E-state index in [0.29, 0.717) is 21.5 Å². The van der Waals surface area contributed by atoms with Gasteiger partial charge in [0.25, 0.3) is 0 Å². The van der Waals surface area contributed by atoms with Gasteiger partial charge in [0.05, 0.1) is 10.0 Å². The fourth-order valence-corrected chi connectivity index (χ4v) is 2.61. The summed E-state index contributed by atoms with van der Waals surface area (Å²) in [6.45, 7) is 10.1. The van der Waals surface area contributed by atoms with Crippen LogP contribution in [0.15, 0.2) is 18.2 Å². The Kier molecular flexibility index (Phi) is 6.65. The zero-order valence-electron chi connectivity index (χ0n) is 12.4. The summed E-state index contributed by atoms with van der Waals surface area (Å²) in [5, 5.41) is 4.86. The largest absolute Gasteiger partial charge is 0.314 e. The molecule has 0 radical (unpaired) electrons. The van der Waals surface area contributed by atoms with Crippen molar-refractivity contribution in [2.75, 3.05) is 6.54 Å². The van der Waals surface area contributed by atoms with Crippen LogP contribution in [0.1, 0.15) is 46.1 Å². The van der Waals surface area contributed by atoms with Crippen LogP contribution < -0.4 is 5.32 Å². The molecule has 0 amide bonds. The van der Waals surface area contributed by atoms with Crippen molar-refractivity contribution in [3.63, 3.8) is 0 Å². The first-order chi connectivity index (χ1) is 8.84. The van der Waals surface area contributed by atoms with E-state index in [1.807, 2.05) is 12.1 Å². The molecular formula is C16H25Cl2N. The molecule has 1 aromatic rings. The minimum atomic E-state index is 0.299. The summed E-state index contributed by atoms with van der Waals surface area (Å²) < 4.78 is 0. The van der Waals surface area contributed by atoms with E-state index in [-0.39, 0.29) is 0 Å². The summed E-state index contributed by atoms with van der Waals surface area (Å²) in [5.41, 5.74) is 1.56. The number of aryl methyl sites for hydroxylation is 1. The predicted molar refractivity (Wildman–Crippen MR) is 86.3 cm³/mol. The van der Waals surface area contributed by atoms with Crippen molar-refractivity contribution in [1.29, 1.82) is 0 Å². The minimum absolute atomic E-state index is 0.299. The van der Waals surface area contributed by atoms with Crippen molar-refractivity contribution in [1.82, 2.24) is 5.32 Å². The normalized spacial score (nSPS) is 13.6. The van der Waals surface area contributed by atoms with Gasteiger partial charge in [-0.3, -0.25) is 0 Å². The minimum Gasteiger partial charge on any atom is -0.314 e. The van der Waals surface area contributed by atoms with Crippen molar-refractivity contribution < 1.29 is 0 Å². The molecule has 0 aromatic heterocycles. The van der Waals surface area contributed by atoms with Crippen molar-refractivity contribution in [3.05, 3.63) is 33.8 Å². The van der Waals surface area contributed by atoms with Gasteiger partial charge in [0.2, 0.25) is 0 Å². The van der Waals surface area contributed by atoms with E-state index in [1.54, 1.807) is 0 Å². The quantitative estimate of drug-likeness (QED) is 0.748. The lowest BCUT2D eigenvalue weighted by Crippen LogP contribution is -2.40. The van der Waals surface area contributed by atoms with Crippen LogP contribution in [-0.4, -0.2) is 12.6 Å². The maximum Gasteiger partial charge on any atom is 0.0595 e. The fraction of sp³-hybridized carbons (Fsp3) is 0.625. The van der Waals surface area contributed by atoms with Crippen molar-refractivity contribution in [2.45, 2.75) is 53.0 Å². The highest BCUT2D eigenvalue weighted by atomic mass is 35.5. The van der Waals surface area contributed by atoms with Crippen LogP contribution in [0.4, 0.5) is 0 Å². The lowest BCUT2D eigenvalue weighted by Gasteiger charge is -2.31. The molecule has 0 fully saturated rings. The molecule has 1 unspecified atom stereocenters. The molecule has 0 heterocycles. The first-order valence-electron chi connectivity index (χ1n) is 7.02. The van der Waals surface area contributed by atoms with Crippen LogP contribution in [0.3, 0.4) is 0 Å². The molecule has 0 aliphatic carbocycles. The van der Waals surface area contributed by atoms with Gasteiger partial charge < -0.3 is 5.32 Å². The molecule has 108 valence electrons. The second-order valence-corrected chi connectivity index (χ2v) is 6.93. The van der Waals surface area contributed by atoms with Gasteiger partial charge in [0, 0.05) is 6.04 Å². The molecule has 0 bridgehead atoms. The van der Waals surface area contributed by atoms with Crippen LogP contribution in [0.25, 0.3) is 0 Å². The van der Waals surface area contributed by atoms with Crippen LogP contribution in [0.5, 0.6) is 0 Å². The molecule has 0 spiro atoms. The number of rotatable bonds is 6. The zero-order chi connectivity index (χ0) is 14.5. The topological polar surface area (TPSA) is 12.0 Å². The van der Waals surface area contributed by atoms with E-state index in [4.69, 9.17) is 23.2 Å². The van der Waals surface area contributed by atoms with Crippen molar-refractivity contribution in [3.8, 4) is 0 Å². The second kappa shape index (κ2) is 7.52. The molecule has 3 heteroatoms. The van der Waals surface area contributed by atoms with Crippen LogP contribution >= 0.6 is 23.2 Å². The Morgan fingerprint density at radius 1 is 1.16 bits per heavy atom. The predicted octanol–water partition coefficient (Wildman–Crippen LogP) is 5.34. The molecule has 0 aliphatic heterocycles. The van der Waals surface area contributed by atoms with E-state index in [0.717, 1.165) is 19.4 Å². The van der Waals surface area contributed by atoms with Crippen LogP contribution in [0.2, 0.25) is 10.0 Å². The molecule has 0 saturated carbocycles. The van der Waals surface area contributed by atoms with E-state index in [2.05, 4.69) is 39.1 Å². The maximum absolute atomic E-state index is 6.03. The Morgan fingerprint density at radius 3 is 2.37 bits per heavy atom. The Balaban J connectivity index is 2.49. The lowest BCUT2D eigenvalue weighted by atomic mass is 9.83. The molecular weight excluding hydrogens is 277 g/mol. The highest BCUT2D eigenvalue weighted by Gasteiger charge is 2.22. The fourth-order valence-electron chi connectivity index (χ4n) is 2.29. The molecule has 0 saturated heterocycles. The lowest BCUT2D eigenvalue weighted by molar-refractivity contribution is 0.254. The molecule has 0 aliphatic rings. The Morgan fingerprint density at radius 2 is 1.84 bits per heavy atom. The standard InChI is InChI=1S/C16H25Cl2N/c1-5-19-15(16(2,3)4)8-6-7-12-9-10-13(17)14(18)11-12/h9-11,15,19H,5-8H2,1-4H3. The SMILES string of the molecule is CCNC(CCCc1ccc(Cl)c(Cl)c1)C(C)(C)C. The number of benzene rings is 1. The molecule has 1 atom stereocenters. The molecule has 19 heavy (non-hydrogen) atoms. The van der Waals surface area contributed by atoms with E-state index >= 15 is 0 Å². The summed E-state index contributed by atoms with van der Waals surface area (Å²) in [4.78, 5) is 0. The first kappa shape index (κ1) is 16.8. The van der Waals surface area contributed by atoms with Crippen molar-refractivity contribution in [2.24, 2.45) is 5.41 Å². The Bertz CT molecular complexity index is 396. The van der Waals surface area contributed by atoms with Crippen molar-refractivity contribution >= 4 is 23.2 Å². The summed E-state index contributed by atoms with van der Waals surface area (Å²) in [5.74, 6) is 0. The van der Waals surface area contributed by atoms with Gasteiger partial charge >= 0.3 is 0 Å². The highest BCUT2D eigenvalue weighted by molar-refractivity contribution is 6.42. The van der Waals surface area contributed by atoms with Crippen LogP contribution in [-0.2, 0) is 6.42 Å². The molecule has 1 nitrogen and oxygen atoms in total. The van der Waals surface area contributed by atoms with Gasteiger partial charge in [-0.05, 0) is 48.9 Å². The molecule has 1 aromatic carbocycles. The number of halogens is 2. The zero-order valence-corrected chi connectivity index (χ0v) is 13.9. The van der Waals surface area contributed by atoms with E-state index in [1.165, 1.54) is 12.0 Å². The van der Waals surface area contributed by atoms with Gasteiger partial charge in [0.15, 0.2) is 0 Å². The summed E-state index contributed by atoms with van der Waals surface area (Å²) in [7, 11) is 0. The highest BCUT2D eigenvalue weighted by Crippen LogP contribution is 2.26. The number of hydrogen-bond acceptors (Lipinski definition) is 1. The Labute approximate surface area is 127 Å². The third-order valence-electron chi connectivity index (χ3n) is 3.44. The number of hydrogen-bond donors (Lipinski definition) is 1. The third kappa shape index (κ3) is 5.72. The summed E-state index contributed by atoms with van der Waals surface area (Å²) in [6.07, 6.45) is 3.39. The van der Waals surface area contributed by atoms with E-state index < -0.39 is 0 Å². The maximum atomic E-state index is 6.03. The summed E-state index contributed by atoms with van der Waals surface area (Å²) in [6, 6.07) is 6.47. The smallest absolute Gasteiger partial charge is 0.0595 e. The first-order valence-corrected chi connectivity index (χ1v) is 7.77. The molecule has 1 rings (SSSR count). The third-order valence-corrected chi connectivity index (χ3v) is 4.18. The van der Waals surface area contributed by atoms with E-state index in [9.17, 15) is 0 Å². The average molecular weight is 302 g/mol. The van der Waals surface area contributed by atoms with Crippen LogP contribution in [0, 0.1) is 5.41 Å². The van der Waals surface area contributed by atoms with Gasteiger partial charge in [-0.25, -0.2) is 0 Å². The molecule has 1 N–H and O–H groups in total. The average Bonchev–Trinajstić information content (AvgIpc) is 2.31. The van der Waals surface area contributed by atoms with Gasteiger partial charge in [-0.1, -0.05) is 57.0 Å².